The van der Waals surface area contributed by atoms with Crippen LogP contribution in [0.25, 0.3) is 6.08 Å². The molecular weight excluding hydrogens is 772 g/mol. The van der Waals surface area contributed by atoms with Crippen LogP contribution in [0.4, 0.5) is 0 Å². The predicted molar refractivity (Wildman–Crippen MR) is 207 cm³/mol. The minimum atomic E-state index is -1.77. The van der Waals surface area contributed by atoms with Crippen molar-refractivity contribution in [1.82, 2.24) is 0 Å². The number of carbonyl (C=O) groups is 2. The fourth-order valence-electron chi connectivity index (χ4n) is 6.64. The first-order valence-corrected chi connectivity index (χ1v) is 18.7. The molecule has 0 saturated carbocycles. The molecule has 16 nitrogen and oxygen atoms in total. The summed E-state index contributed by atoms with van der Waals surface area (Å²) in [6.07, 6.45) is -12.5. The van der Waals surface area contributed by atoms with Gasteiger partial charge >= 0.3 is 0 Å². The molecule has 7 rings (SSSR count). The molecule has 3 aliphatic heterocycles. The summed E-state index contributed by atoms with van der Waals surface area (Å²) < 4.78 is 33.1. The van der Waals surface area contributed by atoms with Crippen molar-refractivity contribution in [2.45, 2.75) is 80.9 Å². The number of allylic oxidation sites excluding steroid dienone is 1. The minimum Gasteiger partial charge on any atom is -0.507 e. The number of phenolic OH excluding ortho intramolecular Hbond substituents is 2. The van der Waals surface area contributed by atoms with E-state index in [0.29, 0.717) is 5.56 Å². The standard InChI is InChI=1S/C28H34O15.C15H12O/c1-10-21(32)23(34)25(36)27(40-10)39-9-19-22(33)24(35)26(37)28(43-19)41-12-6-14(30)20-15(31)8-17(42-18(20)7-12)11-3-4-16(38-2)13(29)5-11;16-15(14-9-5-2-6-10-14)12-11-13-7-3-1-4-8-13/h3-7,10,17,19,21-30,32-37H,8-9H2,1-2H3;1-12H/t10-,17-,19+,21-,22+,23+,24-,25+,26+,27+,28+;/m0./s1. The van der Waals surface area contributed by atoms with Crippen molar-refractivity contribution in [1.29, 1.82) is 0 Å². The van der Waals surface area contributed by atoms with Crippen molar-refractivity contribution in [3.63, 3.8) is 0 Å². The lowest BCUT2D eigenvalue weighted by atomic mass is 9.95. The highest BCUT2D eigenvalue weighted by atomic mass is 16.7. The summed E-state index contributed by atoms with van der Waals surface area (Å²) >= 11 is 0. The van der Waals surface area contributed by atoms with Crippen LogP contribution >= 0.6 is 0 Å². The molecule has 3 aliphatic rings. The van der Waals surface area contributed by atoms with E-state index in [9.17, 15) is 50.4 Å². The summed E-state index contributed by atoms with van der Waals surface area (Å²) in [5.41, 5.74) is 2.12. The molecule has 8 N–H and O–H groups in total. The Morgan fingerprint density at radius 1 is 0.763 bits per heavy atom. The Hall–Kier alpha value is -5.40. The third-order valence-electron chi connectivity index (χ3n) is 9.99. The molecule has 2 fully saturated rings. The number of phenols is 2. The largest absolute Gasteiger partial charge is 0.507 e. The molecule has 4 aromatic carbocycles. The number of hydrogen-bond donors (Lipinski definition) is 8. The molecular formula is C43H46O16. The highest BCUT2D eigenvalue weighted by molar-refractivity contribution is 6.06. The molecule has 4 aromatic rings. The van der Waals surface area contributed by atoms with Gasteiger partial charge in [0.15, 0.2) is 29.4 Å². The average molecular weight is 819 g/mol. The third-order valence-corrected chi connectivity index (χ3v) is 9.99. The van der Waals surface area contributed by atoms with E-state index < -0.39 is 85.7 Å². The maximum atomic E-state index is 12.9. The van der Waals surface area contributed by atoms with E-state index in [4.69, 9.17) is 28.4 Å². The van der Waals surface area contributed by atoms with Crippen LogP contribution in [-0.2, 0) is 14.2 Å². The molecule has 3 heterocycles. The summed E-state index contributed by atoms with van der Waals surface area (Å²) in [7, 11) is 1.39. The lowest BCUT2D eigenvalue weighted by Gasteiger charge is -2.42. The van der Waals surface area contributed by atoms with Crippen molar-refractivity contribution >= 4 is 17.6 Å². The van der Waals surface area contributed by atoms with Gasteiger partial charge in [-0.1, -0.05) is 72.8 Å². The van der Waals surface area contributed by atoms with Gasteiger partial charge in [-0.25, -0.2) is 0 Å². The second kappa shape index (κ2) is 19.1. The van der Waals surface area contributed by atoms with Crippen molar-refractivity contribution in [3.8, 4) is 28.7 Å². The number of ketones is 2. The van der Waals surface area contributed by atoms with Crippen LogP contribution in [0.3, 0.4) is 0 Å². The van der Waals surface area contributed by atoms with E-state index in [1.165, 1.54) is 32.2 Å². The lowest BCUT2D eigenvalue weighted by Crippen LogP contribution is -2.61. The smallest absolute Gasteiger partial charge is 0.229 e. The molecule has 0 unspecified atom stereocenters. The first-order chi connectivity index (χ1) is 28.2. The number of carbonyl (C=O) groups excluding carboxylic acids is 2. The highest BCUT2D eigenvalue weighted by Gasteiger charge is 2.47. The molecule has 0 aromatic heterocycles. The van der Waals surface area contributed by atoms with Gasteiger partial charge in [-0.3, -0.25) is 9.59 Å². The molecule has 0 radical (unpaired) electrons. The Bertz CT molecular complexity index is 2080. The first-order valence-electron chi connectivity index (χ1n) is 18.7. The van der Waals surface area contributed by atoms with Crippen LogP contribution in [0.15, 0.2) is 97.1 Å². The Morgan fingerprint density at radius 3 is 2.10 bits per heavy atom. The second-order valence-corrected chi connectivity index (χ2v) is 14.1. The summed E-state index contributed by atoms with van der Waals surface area (Å²) in [5.74, 6) is -0.967. The third kappa shape index (κ3) is 10.1. The summed E-state index contributed by atoms with van der Waals surface area (Å²) in [6.45, 7) is 0.964. The van der Waals surface area contributed by atoms with Gasteiger partial charge in [-0.05, 0) is 36.3 Å². The van der Waals surface area contributed by atoms with Gasteiger partial charge in [-0.2, -0.15) is 0 Å². The number of rotatable bonds is 10. The molecule has 0 amide bonds. The maximum Gasteiger partial charge on any atom is 0.229 e. The Morgan fingerprint density at radius 2 is 1.42 bits per heavy atom. The highest BCUT2D eigenvalue weighted by Crippen LogP contribution is 2.43. The number of methoxy groups -OCH3 is 1. The van der Waals surface area contributed by atoms with E-state index in [0.717, 1.165) is 17.2 Å². The number of hydrogen-bond acceptors (Lipinski definition) is 16. The zero-order valence-electron chi connectivity index (χ0n) is 31.9. The number of ether oxygens (including phenoxy) is 6. The van der Waals surface area contributed by atoms with Gasteiger partial charge in [0.1, 0.15) is 71.6 Å². The van der Waals surface area contributed by atoms with Crippen LogP contribution < -0.4 is 14.2 Å². The predicted octanol–water partition coefficient (Wildman–Crippen LogP) is 2.43. The molecule has 0 spiro atoms. The van der Waals surface area contributed by atoms with E-state index in [-0.39, 0.29) is 40.8 Å². The quantitative estimate of drug-likeness (QED) is 0.0845. The van der Waals surface area contributed by atoms with Crippen molar-refractivity contribution in [2.24, 2.45) is 0 Å². The van der Waals surface area contributed by atoms with E-state index in [1.807, 2.05) is 66.7 Å². The number of aliphatic hydroxyl groups is 6. The van der Waals surface area contributed by atoms with Gasteiger partial charge in [0.05, 0.1) is 26.2 Å². The van der Waals surface area contributed by atoms with Gasteiger partial charge in [-0.15, -0.1) is 0 Å². The van der Waals surface area contributed by atoms with Crippen LogP contribution in [0.1, 0.15) is 51.3 Å². The molecule has 16 heteroatoms. The van der Waals surface area contributed by atoms with Crippen LogP contribution in [0.5, 0.6) is 28.7 Å². The molecule has 0 aliphatic carbocycles. The van der Waals surface area contributed by atoms with Crippen LogP contribution in [-0.4, -0.2) is 128 Å². The second-order valence-electron chi connectivity index (χ2n) is 14.1. The Balaban J connectivity index is 0.000000305. The normalized spacial score (nSPS) is 29.1. The number of fused-ring (bicyclic) bond motifs is 1. The van der Waals surface area contributed by atoms with Crippen molar-refractivity contribution < 1.29 is 78.9 Å². The SMILES string of the molecule is COc1ccc([C@@H]2CC(=O)c3c(O)cc(O[C@@H]4O[C@H](CO[C@@H]5O[C@@H](C)[C@H](O)[C@@H](O)[C@H]5O)[C@@H](O)[C@H](O)[C@H]4O)cc3O2)cc1O.O=C(C=Cc1ccccc1)c1ccccc1. The molecule has 0 bridgehead atoms. The zero-order chi connectivity index (χ0) is 42.4. The topological polar surface area (TPSA) is 251 Å². The van der Waals surface area contributed by atoms with Crippen LogP contribution in [0, 0.1) is 0 Å². The molecule has 2 saturated heterocycles. The summed E-state index contributed by atoms with van der Waals surface area (Å²) in [4.78, 5) is 24.6. The van der Waals surface area contributed by atoms with Gasteiger partial charge in [0.25, 0.3) is 0 Å². The molecule has 59 heavy (non-hydrogen) atoms. The number of aromatic hydroxyl groups is 2. The average Bonchev–Trinajstić information content (AvgIpc) is 3.24. The van der Waals surface area contributed by atoms with Gasteiger partial charge in [0, 0.05) is 17.7 Å². The lowest BCUT2D eigenvalue weighted by molar-refractivity contribution is -0.318. The molecule has 314 valence electrons. The van der Waals surface area contributed by atoms with Crippen LogP contribution in [0.2, 0.25) is 0 Å². The van der Waals surface area contributed by atoms with Gasteiger partial charge < -0.3 is 69.3 Å². The minimum absolute atomic E-state index is 0.0319. The van der Waals surface area contributed by atoms with Crippen molar-refractivity contribution in [3.05, 3.63) is 119 Å². The number of benzene rings is 4. The Kier molecular flexibility index (Phi) is 14.0. The molecule has 11 atom stereocenters. The number of Topliss-reactive ketones (excluding diaryl/α,β-unsaturated/α-hetero) is 1. The van der Waals surface area contributed by atoms with E-state index in [2.05, 4.69) is 0 Å². The first kappa shape index (κ1) is 43.2. The maximum absolute atomic E-state index is 12.9. The Labute approximate surface area is 338 Å². The van der Waals surface area contributed by atoms with Crippen molar-refractivity contribution in [2.75, 3.05) is 13.7 Å². The van der Waals surface area contributed by atoms with Gasteiger partial charge in [0.2, 0.25) is 6.29 Å². The zero-order valence-corrected chi connectivity index (χ0v) is 31.9. The van der Waals surface area contributed by atoms with E-state index >= 15 is 0 Å². The van der Waals surface area contributed by atoms with E-state index in [1.54, 1.807) is 12.1 Å². The fourth-order valence-corrected chi connectivity index (χ4v) is 6.64. The summed E-state index contributed by atoms with van der Waals surface area (Å²) in [6, 6.07) is 26.0. The fraction of sp³-hybridized carbons (Fsp3) is 0.349. The number of aliphatic hydroxyl groups excluding tert-OH is 6. The monoisotopic (exact) mass is 818 g/mol. The summed E-state index contributed by atoms with van der Waals surface area (Å²) in [5, 5.41) is 82.2.